The van der Waals surface area contributed by atoms with Gasteiger partial charge in [-0.1, -0.05) is 6.07 Å². The zero-order valence-corrected chi connectivity index (χ0v) is 12.1. The second-order valence-corrected chi connectivity index (χ2v) is 5.57. The molecule has 0 unspecified atom stereocenters. The third-order valence-electron chi connectivity index (χ3n) is 4.04. The van der Waals surface area contributed by atoms with Crippen LogP contribution in [0.1, 0.15) is 18.4 Å². The van der Waals surface area contributed by atoms with Gasteiger partial charge in [0.25, 0.3) is 5.91 Å². The van der Waals surface area contributed by atoms with Crippen LogP contribution in [0.2, 0.25) is 0 Å². The third kappa shape index (κ3) is 2.43. The normalized spacial score (nSPS) is 20.5. The van der Waals surface area contributed by atoms with E-state index in [1.807, 2.05) is 0 Å². The number of carbonyl (C=O) groups excluding carboxylic acids is 3. The van der Waals surface area contributed by atoms with Crippen molar-refractivity contribution in [3.8, 4) is 0 Å². The van der Waals surface area contributed by atoms with Crippen molar-refractivity contribution in [2.24, 2.45) is 0 Å². The molecular formula is C15H16FN3O3. The lowest BCUT2D eigenvalue weighted by molar-refractivity contribution is -0.131. The summed E-state index contributed by atoms with van der Waals surface area (Å²) in [7, 11) is 0. The summed E-state index contributed by atoms with van der Waals surface area (Å²) in [5, 5.41) is 2.50. The van der Waals surface area contributed by atoms with Gasteiger partial charge in [0.1, 0.15) is 18.4 Å². The van der Waals surface area contributed by atoms with Crippen molar-refractivity contribution in [1.82, 2.24) is 9.80 Å². The number of rotatable bonds is 3. The van der Waals surface area contributed by atoms with E-state index in [-0.39, 0.29) is 12.5 Å². The largest absolute Gasteiger partial charge is 0.327 e. The first kappa shape index (κ1) is 14.5. The number of carbonyl (C=O) groups is 3. The fourth-order valence-electron chi connectivity index (χ4n) is 2.84. The fraction of sp³-hybridized carbons (Fsp3) is 0.400. The number of aryl methyl sites for hydroxylation is 1. The molecule has 0 bridgehead atoms. The first-order valence-corrected chi connectivity index (χ1v) is 7.15. The summed E-state index contributed by atoms with van der Waals surface area (Å²) in [4.78, 5) is 38.6. The molecule has 2 saturated heterocycles. The van der Waals surface area contributed by atoms with E-state index >= 15 is 0 Å². The number of nitrogens with zero attached hydrogens (tertiary/aromatic N) is 2. The minimum absolute atomic E-state index is 0.299. The van der Waals surface area contributed by atoms with Gasteiger partial charge in [0.05, 0.1) is 0 Å². The van der Waals surface area contributed by atoms with Crippen LogP contribution in [0.3, 0.4) is 0 Å². The molecule has 1 aromatic rings. The minimum atomic E-state index is -0.522. The van der Waals surface area contributed by atoms with Crippen molar-refractivity contribution < 1.29 is 18.8 Å². The van der Waals surface area contributed by atoms with Gasteiger partial charge in [-0.05, 0) is 37.5 Å². The molecule has 22 heavy (non-hydrogen) atoms. The van der Waals surface area contributed by atoms with Gasteiger partial charge in [-0.2, -0.15) is 0 Å². The molecular weight excluding hydrogens is 289 g/mol. The Hall–Kier alpha value is -2.44. The highest BCUT2D eigenvalue weighted by Gasteiger charge is 2.47. The molecule has 2 heterocycles. The molecule has 2 aliphatic heterocycles. The summed E-state index contributed by atoms with van der Waals surface area (Å²) >= 11 is 0. The molecule has 7 heteroatoms. The Bertz CT molecular complexity index is 639. The Morgan fingerprint density at radius 1 is 1.41 bits per heavy atom. The lowest BCUT2D eigenvalue weighted by atomic mass is 10.2. The highest BCUT2D eigenvalue weighted by atomic mass is 19.1. The molecule has 0 saturated carbocycles. The van der Waals surface area contributed by atoms with E-state index in [9.17, 15) is 18.8 Å². The first-order valence-electron chi connectivity index (χ1n) is 7.15. The van der Waals surface area contributed by atoms with E-state index in [1.54, 1.807) is 19.1 Å². The number of anilines is 1. The molecule has 2 fully saturated rings. The smallest absolute Gasteiger partial charge is 0.324 e. The number of benzene rings is 1. The summed E-state index contributed by atoms with van der Waals surface area (Å²) < 4.78 is 13.4. The van der Waals surface area contributed by atoms with Gasteiger partial charge in [-0.15, -0.1) is 0 Å². The van der Waals surface area contributed by atoms with E-state index in [0.29, 0.717) is 24.2 Å². The van der Waals surface area contributed by atoms with Gasteiger partial charge in [0, 0.05) is 12.2 Å². The number of halogens is 1. The molecule has 1 atom stereocenters. The lowest BCUT2D eigenvalue weighted by Crippen LogP contribution is -2.39. The van der Waals surface area contributed by atoms with Crippen molar-refractivity contribution in [2.45, 2.75) is 25.8 Å². The number of fused-ring (bicyclic) bond motifs is 1. The Kier molecular flexibility index (Phi) is 3.56. The topological polar surface area (TPSA) is 69.7 Å². The Morgan fingerprint density at radius 3 is 2.86 bits per heavy atom. The van der Waals surface area contributed by atoms with Crippen LogP contribution in [0.15, 0.2) is 18.2 Å². The van der Waals surface area contributed by atoms with Crippen LogP contribution in [0.4, 0.5) is 14.9 Å². The molecule has 1 N–H and O–H groups in total. The standard InChI is InChI=1S/C15H16FN3O3/c1-9-4-5-10(7-11(9)16)17-13(20)8-19-14(21)12-3-2-6-18(12)15(19)22/h4-5,7,12H,2-3,6,8H2,1H3,(H,17,20)/t12-/m0/s1. The number of urea groups is 1. The van der Waals surface area contributed by atoms with E-state index in [2.05, 4.69) is 5.32 Å². The Balaban J connectivity index is 1.66. The summed E-state index contributed by atoms with van der Waals surface area (Å²) in [5.74, 6) is -1.27. The molecule has 0 spiro atoms. The van der Waals surface area contributed by atoms with Crippen LogP contribution in [0.5, 0.6) is 0 Å². The average molecular weight is 305 g/mol. The summed E-state index contributed by atoms with van der Waals surface area (Å²) in [6, 6.07) is 3.49. The summed E-state index contributed by atoms with van der Waals surface area (Å²) in [5.41, 5.74) is 0.774. The molecule has 116 valence electrons. The number of imide groups is 1. The molecule has 0 radical (unpaired) electrons. The van der Waals surface area contributed by atoms with E-state index in [1.165, 1.54) is 11.0 Å². The Morgan fingerprint density at radius 2 is 2.18 bits per heavy atom. The van der Waals surface area contributed by atoms with Crippen LogP contribution in [0.25, 0.3) is 0 Å². The SMILES string of the molecule is Cc1ccc(NC(=O)CN2C(=O)[C@@H]3CCCN3C2=O)cc1F. The van der Waals surface area contributed by atoms with Crippen LogP contribution < -0.4 is 5.32 Å². The van der Waals surface area contributed by atoms with Gasteiger partial charge < -0.3 is 10.2 Å². The predicted octanol–water partition coefficient (Wildman–Crippen LogP) is 1.50. The number of hydrogen-bond donors (Lipinski definition) is 1. The number of nitrogens with one attached hydrogen (secondary N) is 1. The van der Waals surface area contributed by atoms with Gasteiger partial charge in [0.15, 0.2) is 0 Å². The predicted molar refractivity (Wildman–Crippen MR) is 76.6 cm³/mol. The summed E-state index contributed by atoms with van der Waals surface area (Å²) in [6.07, 6.45) is 1.46. The minimum Gasteiger partial charge on any atom is -0.324 e. The van der Waals surface area contributed by atoms with Gasteiger partial charge in [-0.25, -0.2) is 9.18 Å². The monoisotopic (exact) mass is 305 g/mol. The zero-order chi connectivity index (χ0) is 15.9. The van der Waals surface area contributed by atoms with Crippen LogP contribution >= 0.6 is 0 Å². The van der Waals surface area contributed by atoms with E-state index < -0.39 is 23.8 Å². The second kappa shape index (κ2) is 5.40. The molecule has 0 aromatic heterocycles. The molecule has 4 amide bonds. The molecule has 2 aliphatic rings. The van der Waals surface area contributed by atoms with Gasteiger partial charge >= 0.3 is 6.03 Å². The summed E-state index contributed by atoms with van der Waals surface area (Å²) in [6.45, 7) is 1.83. The van der Waals surface area contributed by atoms with Gasteiger partial charge in [0.2, 0.25) is 5.91 Å². The number of amides is 4. The van der Waals surface area contributed by atoms with Gasteiger partial charge in [-0.3, -0.25) is 14.5 Å². The van der Waals surface area contributed by atoms with E-state index in [4.69, 9.17) is 0 Å². The molecule has 6 nitrogen and oxygen atoms in total. The van der Waals surface area contributed by atoms with Crippen molar-refractivity contribution in [2.75, 3.05) is 18.4 Å². The van der Waals surface area contributed by atoms with Crippen molar-refractivity contribution in [3.63, 3.8) is 0 Å². The van der Waals surface area contributed by atoms with Crippen molar-refractivity contribution >= 4 is 23.5 Å². The fourth-order valence-corrected chi connectivity index (χ4v) is 2.84. The van der Waals surface area contributed by atoms with Crippen LogP contribution in [-0.2, 0) is 9.59 Å². The van der Waals surface area contributed by atoms with Crippen molar-refractivity contribution in [3.05, 3.63) is 29.6 Å². The average Bonchev–Trinajstić information content (AvgIpc) is 3.03. The highest BCUT2D eigenvalue weighted by molar-refractivity contribution is 6.08. The number of hydrogen-bond acceptors (Lipinski definition) is 3. The maximum absolute atomic E-state index is 13.4. The van der Waals surface area contributed by atoms with Crippen LogP contribution in [0, 0.1) is 12.7 Å². The maximum atomic E-state index is 13.4. The maximum Gasteiger partial charge on any atom is 0.327 e. The second-order valence-electron chi connectivity index (χ2n) is 5.57. The van der Waals surface area contributed by atoms with Crippen molar-refractivity contribution in [1.29, 1.82) is 0 Å². The lowest BCUT2D eigenvalue weighted by Gasteiger charge is -2.15. The molecule has 0 aliphatic carbocycles. The third-order valence-corrected chi connectivity index (χ3v) is 4.04. The Labute approximate surface area is 126 Å². The molecule has 1 aromatic carbocycles. The van der Waals surface area contributed by atoms with Crippen LogP contribution in [-0.4, -0.2) is 46.8 Å². The quantitative estimate of drug-likeness (QED) is 0.860. The zero-order valence-electron chi connectivity index (χ0n) is 12.1. The highest BCUT2D eigenvalue weighted by Crippen LogP contribution is 2.27. The van der Waals surface area contributed by atoms with E-state index in [0.717, 1.165) is 11.3 Å². The first-order chi connectivity index (χ1) is 10.5. The molecule has 3 rings (SSSR count).